The molecule has 0 bridgehead atoms. The fourth-order valence-corrected chi connectivity index (χ4v) is 6.49. The Morgan fingerprint density at radius 1 is 1.12 bits per heavy atom. The number of rotatable bonds is 9. The maximum Gasteiger partial charge on any atom is 0.250 e. The van der Waals surface area contributed by atoms with Gasteiger partial charge in [0.05, 0.1) is 22.4 Å². The number of nitrogens with one attached hydrogen (secondary N) is 1. The molecule has 3 aliphatic heterocycles. The zero-order chi connectivity index (χ0) is 24.3. The summed E-state index contributed by atoms with van der Waals surface area (Å²) in [5.41, 5.74) is 1.32. The first-order chi connectivity index (χ1) is 16.3. The van der Waals surface area contributed by atoms with Crippen LogP contribution >= 0.6 is 0 Å². The summed E-state index contributed by atoms with van der Waals surface area (Å²) >= 11 is 0. The smallest absolute Gasteiger partial charge is 0.250 e. The normalized spacial score (nSPS) is 21.0. The molecule has 0 aromatic heterocycles. The van der Waals surface area contributed by atoms with Crippen molar-refractivity contribution in [1.82, 2.24) is 9.62 Å². The lowest BCUT2D eigenvalue weighted by atomic mass is 9.96. The van der Waals surface area contributed by atoms with Crippen LogP contribution in [0.1, 0.15) is 52.4 Å². The van der Waals surface area contributed by atoms with Gasteiger partial charge in [-0.15, -0.1) is 0 Å². The molecule has 3 aliphatic rings. The van der Waals surface area contributed by atoms with Crippen LogP contribution in [0.15, 0.2) is 23.1 Å². The topological polar surface area (TPSA) is 99.3 Å². The number of sulfonamides is 1. The monoisotopic (exact) mass is 492 g/mol. The molecule has 4 rings (SSSR count). The van der Waals surface area contributed by atoms with E-state index < -0.39 is 10.0 Å². The fraction of sp³-hybridized carbons (Fsp3) is 0.667. The number of benzene rings is 1. The summed E-state index contributed by atoms with van der Waals surface area (Å²) in [6, 6.07) is 4.71. The van der Waals surface area contributed by atoms with Crippen molar-refractivity contribution in [1.29, 1.82) is 0 Å². The Balaban J connectivity index is 1.56. The molecule has 2 fully saturated rings. The lowest BCUT2D eigenvalue weighted by Gasteiger charge is -2.45. The van der Waals surface area contributed by atoms with Gasteiger partial charge in [-0.05, 0) is 70.6 Å². The number of fused-ring (bicyclic) bond motifs is 3. The van der Waals surface area contributed by atoms with E-state index in [-0.39, 0.29) is 35.4 Å². The first-order valence-corrected chi connectivity index (χ1v) is 13.8. The summed E-state index contributed by atoms with van der Waals surface area (Å²) in [6.07, 6.45) is 5.21. The largest absolute Gasteiger partial charge is 0.379 e. The number of amides is 2. The number of hydrogen-bond acceptors (Lipinski definition) is 6. The summed E-state index contributed by atoms with van der Waals surface area (Å²) in [5.74, 6) is -0.401. The van der Waals surface area contributed by atoms with Crippen molar-refractivity contribution in [3.05, 3.63) is 18.2 Å². The molecule has 0 spiro atoms. The standard InChI is InChI=1S/C24H36N4O5S/c1-18(2)33-15-7-11-25-23(29)17-28-22-16-19(34(31,32)26-12-5-6-13-26)9-10-20(22)27-14-4-3-8-21(27)24(28)30/h9-10,16,18,21H,3-8,11-15,17H2,1-2H3,(H,25,29). The minimum absolute atomic E-state index is 0.131. The third kappa shape index (κ3) is 5.23. The molecule has 2 saturated heterocycles. The minimum atomic E-state index is -3.64. The molecule has 188 valence electrons. The number of piperidine rings is 1. The Bertz CT molecular complexity index is 1010. The van der Waals surface area contributed by atoms with Crippen LogP contribution in [0, 0.1) is 0 Å². The lowest BCUT2D eigenvalue weighted by molar-refractivity contribution is -0.125. The van der Waals surface area contributed by atoms with Crippen LogP contribution in [-0.2, 0) is 24.3 Å². The molecule has 1 atom stereocenters. The molecule has 2 amide bonds. The highest BCUT2D eigenvalue weighted by atomic mass is 32.2. The van der Waals surface area contributed by atoms with Crippen molar-refractivity contribution in [2.24, 2.45) is 0 Å². The van der Waals surface area contributed by atoms with Gasteiger partial charge in [0.25, 0.3) is 0 Å². The van der Waals surface area contributed by atoms with E-state index in [9.17, 15) is 18.0 Å². The molecule has 1 aromatic carbocycles. The van der Waals surface area contributed by atoms with Gasteiger partial charge in [-0.25, -0.2) is 8.42 Å². The fourth-order valence-electron chi connectivity index (χ4n) is 4.96. The number of nitrogens with zero attached hydrogens (tertiary/aromatic N) is 3. The number of ether oxygens (including phenoxy) is 1. The van der Waals surface area contributed by atoms with Gasteiger partial charge in [0.15, 0.2) is 0 Å². The maximum absolute atomic E-state index is 13.5. The van der Waals surface area contributed by atoms with Crippen LogP contribution in [0.3, 0.4) is 0 Å². The number of carbonyl (C=O) groups is 2. The van der Waals surface area contributed by atoms with E-state index in [1.54, 1.807) is 18.2 Å². The molecule has 34 heavy (non-hydrogen) atoms. The molecule has 1 aromatic rings. The average molecular weight is 493 g/mol. The zero-order valence-corrected chi connectivity index (χ0v) is 21.0. The van der Waals surface area contributed by atoms with E-state index in [2.05, 4.69) is 10.2 Å². The van der Waals surface area contributed by atoms with Crippen molar-refractivity contribution in [3.63, 3.8) is 0 Å². The predicted octanol–water partition coefficient (Wildman–Crippen LogP) is 2.11. The SMILES string of the molecule is CC(C)OCCCNC(=O)CN1C(=O)C2CCCCN2c2ccc(S(=O)(=O)N3CCCC3)cc21. The minimum Gasteiger partial charge on any atom is -0.379 e. The first kappa shape index (κ1) is 24.9. The van der Waals surface area contributed by atoms with Crippen molar-refractivity contribution in [3.8, 4) is 0 Å². The highest BCUT2D eigenvalue weighted by molar-refractivity contribution is 7.89. The van der Waals surface area contributed by atoms with E-state index in [1.165, 1.54) is 9.21 Å². The van der Waals surface area contributed by atoms with Gasteiger partial charge >= 0.3 is 0 Å². The quantitative estimate of drug-likeness (QED) is 0.530. The van der Waals surface area contributed by atoms with Gasteiger partial charge in [-0.2, -0.15) is 4.31 Å². The molecular weight excluding hydrogens is 456 g/mol. The summed E-state index contributed by atoms with van der Waals surface area (Å²) in [7, 11) is -3.64. The Hall–Kier alpha value is -2.17. The van der Waals surface area contributed by atoms with E-state index in [1.807, 2.05) is 13.8 Å². The number of anilines is 2. The zero-order valence-electron chi connectivity index (χ0n) is 20.2. The molecule has 10 heteroatoms. The number of carbonyl (C=O) groups excluding carboxylic acids is 2. The number of hydrogen-bond donors (Lipinski definition) is 1. The van der Waals surface area contributed by atoms with E-state index in [4.69, 9.17) is 4.74 Å². The maximum atomic E-state index is 13.5. The summed E-state index contributed by atoms with van der Waals surface area (Å²) in [4.78, 5) is 29.9. The predicted molar refractivity (Wildman–Crippen MR) is 130 cm³/mol. The summed E-state index contributed by atoms with van der Waals surface area (Å²) in [5, 5.41) is 2.86. The van der Waals surface area contributed by atoms with Gasteiger partial charge in [-0.3, -0.25) is 14.5 Å². The molecule has 3 heterocycles. The summed E-state index contributed by atoms with van der Waals surface area (Å²) in [6.45, 7) is 6.58. The second-order valence-corrected chi connectivity index (χ2v) is 11.5. The van der Waals surface area contributed by atoms with Gasteiger partial charge in [0, 0.05) is 32.8 Å². The van der Waals surface area contributed by atoms with Gasteiger partial charge in [0.1, 0.15) is 12.6 Å². The van der Waals surface area contributed by atoms with Gasteiger partial charge in [-0.1, -0.05) is 0 Å². The first-order valence-electron chi connectivity index (χ1n) is 12.4. The van der Waals surface area contributed by atoms with Crippen LogP contribution in [0.4, 0.5) is 11.4 Å². The Morgan fingerprint density at radius 2 is 1.85 bits per heavy atom. The molecule has 9 nitrogen and oxygen atoms in total. The second kappa shape index (κ2) is 10.6. The average Bonchev–Trinajstić information content (AvgIpc) is 3.37. The molecular formula is C24H36N4O5S. The van der Waals surface area contributed by atoms with Crippen molar-refractivity contribution < 1.29 is 22.7 Å². The van der Waals surface area contributed by atoms with Crippen molar-refractivity contribution in [2.75, 3.05) is 49.1 Å². The van der Waals surface area contributed by atoms with E-state index in [0.29, 0.717) is 38.3 Å². The van der Waals surface area contributed by atoms with Gasteiger partial charge < -0.3 is 15.0 Å². The highest BCUT2D eigenvalue weighted by Gasteiger charge is 2.41. The van der Waals surface area contributed by atoms with Crippen LogP contribution in [0.25, 0.3) is 0 Å². The Morgan fingerprint density at radius 3 is 2.59 bits per heavy atom. The molecule has 0 radical (unpaired) electrons. The van der Waals surface area contributed by atoms with Crippen LogP contribution in [0.2, 0.25) is 0 Å². The molecule has 0 aliphatic carbocycles. The third-order valence-electron chi connectivity index (χ3n) is 6.70. The second-order valence-electron chi connectivity index (χ2n) is 9.51. The Kier molecular flexibility index (Phi) is 7.79. The lowest BCUT2D eigenvalue weighted by Crippen LogP contribution is -2.57. The molecule has 1 unspecified atom stereocenters. The van der Waals surface area contributed by atoms with Crippen molar-refractivity contribution >= 4 is 33.2 Å². The van der Waals surface area contributed by atoms with E-state index >= 15 is 0 Å². The van der Waals surface area contributed by atoms with Crippen LogP contribution < -0.4 is 15.1 Å². The van der Waals surface area contributed by atoms with Gasteiger partial charge in [0.2, 0.25) is 21.8 Å². The molecule has 0 saturated carbocycles. The van der Waals surface area contributed by atoms with Crippen molar-refractivity contribution in [2.45, 2.75) is 69.4 Å². The van der Waals surface area contributed by atoms with E-state index in [0.717, 1.165) is 44.3 Å². The highest BCUT2D eigenvalue weighted by Crippen LogP contribution is 2.41. The van der Waals surface area contributed by atoms with Crippen LogP contribution in [0.5, 0.6) is 0 Å². The molecule has 1 N–H and O–H groups in total. The Labute approximate surface area is 202 Å². The van der Waals surface area contributed by atoms with Crippen LogP contribution in [-0.4, -0.2) is 76.0 Å². The summed E-state index contributed by atoms with van der Waals surface area (Å²) < 4.78 is 33.4. The third-order valence-corrected chi connectivity index (χ3v) is 8.59.